The Morgan fingerprint density at radius 1 is 1.10 bits per heavy atom. The van der Waals surface area contributed by atoms with Gasteiger partial charge < -0.3 is 19.3 Å². The van der Waals surface area contributed by atoms with Gasteiger partial charge in [0.25, 0.3) is 11.8 Å². The molecule has 9 heteroatoms. The van der Waals surface area contributed by atoms with Gasteiger partial charge in [0.15, 0.2) is 11.5 Å². The highest BCUT2D eigenvalue weighted by atomic mass is 16.5. The zero-order valence-corrected chi connectivity index (χ0v) is 16.6. The highest BCUT2D eigenvalue weighted by molar-refractivity contribution is 6.31. The molecule has 2 N–H and O–H groups in total. The van der Waals surface area contributed by atoms with Crippen LogP contribution in [0.4, 0.5) is 5.69 Å². The molecule has 0 aliphatic carbocycles. The van der Waals surface area contributed by atoms with Crippen LogP contribution < -0.4 is 19.9 Å². The van der Waals surface area contributed by atoms with E-state index >= 15 is 0 Å². The fourth-order valence-electron chi connectivity index (χ4n) is 2.86. The van der Waals surface area contributed by atoms with Crippen molar-refractivity contribution in [2.75, 3.05) is 25.8 Å². The molecule has 1 aliphatic heterocycles. The molecule has 0 saturated carbocycles. The van der Waals surface area contributed by atoms with Crippen molar-refractivity contribution < 1.29 is 33.7 Å². The number of benzene rings is 2. The first-order valence-corrected chi connectivity index (χ1v) is 8.98. The van der Waals surface area contributed by atoms with Crippen LogP contribution >= 0.6 is 0 Å². The van der Waals surface area contributed by atoms with Gasteiger partial charge in [0.1, 0.15) is 5.57 Å². The van der Waals surface area contributed by atoms with E-state index in [0.29, 0.717) is 16.8 Å². The first-order valence-electron chi connectivity index (χ1n) is 8.98. The Labute approximate surface area is 172 Å². The third kappa shape index (κ3) is 3.90. The van der Waals surface area contributed by atoms with Gasteiger partial charge in [-0.15, -0.1) is 0 Å². The molecule has 30 heavy (non-hydrogen) atoms. The van der Waals surface area contributed by atoms with Crippen LogP contribution in [-0.2, 0) is 14.3 Å². The number of carbonyl (C=O) groups excluding carboxylic acids is 3. The molecule has 156 valence electrons. The second-order valence-corrected chi connectivity index (χ2v) is 6.18. The van der Waals surface area contributed by atoms with Crippen LogP contribution in [0.2, 0.25) is 0 Å². The average Bonchev–Trinajstić information content (AvgIpc) is 3.03. The summed E-state index contributed by atoms with van der Waals surface area (Å²) in [7, 11) is 2.75. The molecule has 2 amide bonds. The van der Waals surface area contributed by atoms with Crippen LogP contribution in [0.25, 0.3) is 6.08 Å². The summed E-state index contributed by atoms with van der Waals surface area (Å²) in [5.74, 6) is -1.56. The highest BCUT2D eigenvalue weighted by Gasteiger charge is 2.34. The molecule has 0 radical (unpaired) electrons. The van der Waals surface area contributed by atoms with Crippen LogP contribution in [0.3, 0.4) is 0 Å². The van der Waals surface area contributed by atoms with Gasteiger partial charge in [0.05, 0.1) is 32.1 Å². The van der Waals surface area contributed by atoms with Crippen molar-refractivity contribution in [3.63, 3.8) is 0 Å². The van der Waals surface area contributed by atoms with Crippen molar-refractivity contribution in [2.45, 2.75) is 6.92 Å². The van der Waals surface area contributed by atoms with Gasteiger partial charge in [-0.3, -0.25) is 15.0 Å². The number of hydrazine groups is 1. The van der Waals surface area contributed by atoms with Gasteiger partial charge in [-0.25, -0.2) is 9.80 Å². The quantitative estimate of drug-likeness (QED) is 0.424. The topological polar surface area (TPSA) is 114 Å². The van der Waals surface area contributed by atoms with Gasteiger partial charge in [-0.2, -0.15) is 0 Å². The molecule has 0 aromatic heterocycles. The van der Waals surface area contributed by atoms with Gasteiger partial charge in [0.2, 0.25) is 5.75 Å². The van der Waals surface area contributed by atoms with Crippen molar-refractivity contribution in [2.24, 2.45) is 0 Å². The molecule has 2 aromatic rings. The van der Waals surface area contributed by atoms with Crippen molar-refractivity contribution in [3.05, 3.63) is 53.1 Å². The summed E-state index contributed by atoms with van der Waals surface area (Å²) in [6, 6.07) is 9.01. The monoisotopic (exact) mass is 412 g/mol. The zero-order valence-electron chi connectivity index (χ0n) is 16.6. The van der Waals surface area contributed by atoms with E-state index in [-0.39, 0.29) is 29.4 Å². The summed E-state index contributed by atoms with van der Waals surface area (Å²) in [5.41, 5.74) is 3.51. The Morgan fingerprint density at radius 3 is 2.23 bits per heavy atom. The Hall–Kier alpha value is -4.01. The summed E-state index contributed by atoms with van der Waals surface area (Å²) in [6.45, 7) is 1.96. The van der Waals surface area contributed by atoms with Gasteiger partial charge >= 0.3 is 5.97 Å². The lowest BCUT2D eigenvalue weighted by molar-refractivity contribution is -0.117. The van der Waals surface area contributed by atoms with E-state index in [0.717, 1.165) is 5.01 Å². The molecule has 0 unspecified atom stereocenters. The van der Waals surface area contributed by atoms with E-state index in [9.17, 15) is 19.5 Å². The van der Waals surface area contributed by atoms with Crippen molar-refractivity contribution in [1.82, 2.24) is 5.43 Å². The number of phenolic OH excluding ortho intramolecular Hbond substituents is 1. The second-order valence-electron chi connectivity index (χ2n) is 6.18. The number of rotatable bonds is 6. The Bertz CT molecular complexity index is 1000. The minimum atomic E-state index is -0.597. The molecule has 1 fully saturated rings. The maximum Gasteiger partial charge on any atom is 0.338 e. The molecular weight excluding hydrogens is 392 g/mol. The third-order valence-electron chi connectivity index (χ3n) is 4.34. The van der Waals surface area contributed by atoms with Crippen molar-refractivity contribution in [3.8, 4) is 17.2 Å². The predicted octanol–water partition coefficient (Wildman–Crippen LogP) is 2.05. The van der Waals surface area contributed by atoms with Crippen molar-refractivity contribution >= 4 is 29.5 Å². The number of phenols is 1. The van der Waals surface area contributed by atoms with Crippen LogP contribution in [0, 0.1) is 0 Å². The summed E-state index contributed by atoms with van der Waals surface area (Å²) < 4.78 is 15.1. The smallest absolute Gasteiger partial charge is 0.338 e. The number of nitrogens with one attached hydrogen (secondary N) is 1. The van der Waals surface area contributed by atoms with E-state index in [2.05, 4.69) is 5.43 Å². The van der Waals surface area contributed by atoms with E-state index in [4.69, 9.17) is 14.2 Å². The fraction of sp³-hybridized carbons (Fsp3) is 0.190. The lowest BCUT2D eigenvalue weighted by atomic mass is 10.1. The third-order valence-corrected chi connectivity index (χ3v) is 4.34. The molecule has 1 heterocycles. The second kappa shape index (κ2) is 8.56. The van der Waals surface area contributed by atoms with E-state index in [1.165, 1.54) is 56.7 Å². The molecule has 3 rings (SSSR count). The normalized spacial score (nSPS) is 14.6. The average molecular weight is 412 g/mol. The maximum absolute atomic E-state index is 12.8. The molecule has 2 aromatic carbocycles. The Morgan fingerprint density at radius 2 is 1.70 bits per heavy atom. The predicted molar refractivity (Wildman–Crippen MR) is 107 cm³/mol. The minimum Gasteiger partial charge on any atom is -0.502 e. The first kappa shape index (κ1) is 20.7. The number of methoxy groups -OCH3 is 2. The van der Waals surface area contributed by atoms with Gasteiger partial charge in [0, 0.05) is 0 Å². The molecule has 0 atom stereocenters. The number of carbonyl (C=O) groups is 3. The number of aromatic hydroxyl groups is 1. The summed E-state index contributed by atoms with van der Waals surface area (Å²) in [5, 5.41) is 11.1. The highest BCUT2D eigenvalue weighted by Crippen LogP contribution is 2.38. The number of hydrogen-bond donors (Lipinski definition) is 2. The van der Waals surface area contributed by atoms with E-state index in [1.54, 1.807) is 6.92 Å². The number of anilines is 1. The summed E-state index contributed by atoms with van der Waals surface area (Å²) in [6.07, 6.45) is 1.37. The number of esters is 1. The zero-order chi connectivity index (χ0) is 21.8. The molecule has 0 bridgehead atoms. The first-order chi connectivity index (χ1) is 14.4. The lowest BCUT2D eigenvalue weighted by Gasteiger charge is -2.14. The standard InChI is InChI=1S/C21H20N2O7/c1-4-30-21(27)13-5-7-14(8-6-13)23-20(26)15(19(25)22-23)9-12-10-16(28-2)18(24)17(11-12)29-3/h5-11,24H,4H2,1-3H3,(H,22,25)/b15-9+. The van der Waals surface area contributed by atoms with E-state index < -0.39 is 17.8 Å². The molecule has 1 saturated heterocycles. The molecule has 0 spiro atoms. The summed E-state index contributed by atoms with van der Waals surface area (Å²) >= 11 is 0. The molecule has 9 nitrogen and oxygen atoms in total. The van der Waals surface area contributed by atoms with Crippen molar-refractivity contribution in [1.29, 1.82) is 0 Å². The lowest BCUT2D eigenvalue weighted by Crippen LogP contribution is -2.35. The Kier molecular flexibility index (Phi) is 5.91. The molecular formula is C21H20N2O7. The Balaban J connectivity index is 1.89. The van der Waals surface area contributed by atoms with E-state index in [1.807, 2.05) is 0 Å². The van der Waals surface area contributed by atoms with Crippen LogP contribution in [0.1, 0.15) is 22.8 Å². The minimum absolute atomic E-state index is 0.112. The molecule has 1 aliphatic rings. The number of hydrogen-bond acceptors (Lipinski definition) is 7. The summed E-state index contributed by atoms with van der Waals surface area (Å²) in [4.78, 5) is 36.9. The van der Waals surface area contributed by atoms with Gasteiger partial charge in [-0.05, 0) is 55.0 Å². The SMILES string of the molecule is CCOC(=O)c1ccc(N2NC(=O)/C(=C\c3cc(OC)c(O)c(OC)c3)C2=O)cc1. The van der Waals surface area contributed by atoms with Crippen LogP contribution in [0.15, 0.2) is 42.0 Å². The fourth-order valence-corrected chi connectivity index (χ4v) is 2.86. The van der Waals surface area contributed by atoms with Crippen LogP contribution in [-0.4, -0.2) is 43.7 Å². The number of ether oxygens (including phenoxy) is 3. The number of nitrogens with zero attached hydrogens (tertiary/aromatic N) is 1. The largest absolute Gasteiger partial charge is 0.502 e. The number of amides is 2. The van der Waals surface area contributed by atoms with Crippen LogP contribution in [0.5, 0.6) is 17.2 Å². The maximum atomic E-state index is 12.8. The van der Waals surface area contributed by atoms with Gasteiger partial charge in [-0.1, -0.05) is 0 Å².